The molecule has 0 radical (unpaired) electrons. The van der Waals surface area contributed by atoms with Crippen LogP contribution < -0.4 is 9.64 Å². The monoisotopic (exact) mass is 421 g/mol. The number of hydrogen-bond donors (Lipinski definition) is 2. The molecule has 2 aromatic heterocycles. The van der Waals surface area contributed by atoms with Gasteiger partial charge in [-0.05, 0) is 29.8 Å². The van der Waals surface area contributed by atoms with Crippen LogP contribution in [0.15, 0.2) is 48.5 Å². The van der Waals surface area contributed by atoms with E-state index in [1.165, 1.54) is 27.4 Å². The van der Waals surface area contributed by atoms with E-state index in [0.717, 1.165) is 52.9 Å². The molecule has 0 saturated carbocycles. The van der Waals surface area contributed by atoms with Gasteiger partial charge in [0.1, 0.15) is 17.2 Å². The van der Waals surface area contributed by atoms with Crippen LogP contribution in [-0.4, -0.2) is 33.4 Å². The molecule has 6 nitrogen and oxygen atoms in total. The highest BCUT2D eigenvalue weighted by Crippen LogP contribution is 2.36. The molecule has 0 saturated heterocycles. The molecule has 4 aromatic rings. The second-order valence-corrected chi connectivity index (χ2v) is 8.68. The standard InChI is InChI=1S/C23H24N4O2S/c1-3-19-24-23-27(25-19)22(28)21(30-23)20(16-8-10-18(29-2)11-9-16)26-13-12-15-6-4-5-7-17(15)14-26/h4-11,20,28H,3,12-14H2,1-2H3/p+1/t20-/m0/s1. The van der Waals surface area contributed by atoms with Gasteiger partial charge in [-0.3, -0.25) is 0 Å². The fourth-order valence-corrected chi connectivity index (χ4v) is 5.51. The van der Waals surface area contributed by atoms with Crippen molar-refractivity contribution < 1.29 is 14.7 Å². The summed E-state index contributed by atoms with van der Waals surface area (Å²) < 4.78 is 6.94. The number of quaternary nitrogens is 1. The maximum absolute atomic E-state index is 11.1. The third kappa shape index (κ3) is 3.24. The van der Waals surface area contributed by atoms with E-state index in [0.29, 0.717) is 0 Å². The van der Waals surface area contributed by atoms with Crippen LogP contribution in [0.5, 0.6) is 11.6 Å². The van der Waals surface area contributed by atoms with Gasteiger partial charge in [-0.2, -0.15) is 4.52 Å². The quantitative estimate of drug-likeness (QED) is 0.520. The van der Waals surface area contributed by atoms with Crippen molar-refractivity contribution in [2.45, 2.75) is 32.4 Å². The lowest BCUT2D eigenvalue weighted by atomic mass is 9.95. The van der Waals surface area contributed by atoms with Crippen LogP contribution >= 0.6 is 11.3 Å². The first-order chi connectivity index (χ1) is 14.7. The first-order valence-corrected chi connectivity index (χ1v) is 11.1. The molecule has 1 aliphatic heterocycles. The molecule has 0 amide bonds. The van der Waals surface area contributed by atoms with E-state index in [4.69, 9.17) is 4.74 Å². The molecule has 1 unspecified atom stereocenters. The minimum atomic E-state index is 0.00263. The number of aromatic nitrogens is 3. The summed E-state index contributed by atoms with van der Waals surface area (Å²) in [4.78, 5) is 7.64. The van der Waals surface area contributed by atoms with Crippen LogP contribution in [-0.2, 0) is 19.4 Å². The van der Waals surface area contributed by atoms with Gasteiger partial charge in [0.2, 0.25) is 10.8 Å². The zero-order valence-corrected chi connectivity index (χ0v) is 17.9. The maximum atomic E-state index is 11.1. The summed E-state index contributed by atoms with van der Waals surface area (Å²) in [7, 11) is 1.68. The summed E-state index contributed by atoms with van der Waals surface area (Å²) in [6, 6.07) is 16.8. The Bertz CT molecular complexity index is 1180. The van der Waals surface area contributed by atoms with Crippen LogP contribution in [0.3, 0.4) is 0 Å². The molecule has 7 heteroatoms. The van der Waals surface area contributed by atoms with E-state index in [1.807, 2.05) is 19.1 Å². The smallest absolute Gasteiger partial charge is 0.235 e. The van der Waals surface area contributed by atoms with E-state index in [1.54, 1.807) is 11.6 Å². The maximum Gasteiger partial charge on any atom is 0.235 e. The number of methoxy groups -OCH3 is 1. The minimum absolute atomic E-state index is 0.00263. The highest BCUT2D eigenvalue weighted by Gasteiger charge is 2.35. The summed E-state index contributed by atoms with van der Waals surface area (Å²) >= 11 is 1.54. The van der Waals surface area contributed by atoms with E-state index >= 15 is 0 Å². The van der Waals surface area contributed by atoms with Gasteiger partial charge in [0.25, 0.3) is 0 Å². The topological polar surface area (TPSA) is 64.1 Å². The van der Waals surface area contributed by atoms with Crippen LogP contribution in [0.4, 0.5) is 0 Å². The number of benzene rings is 2. The van der Waals surface area contributed by atoms with Crippen LogP contribution in [0, 0.1) is 0 Å². The Morgan fingerprint density at radius 3 is 2.63 bits per heavy atom. The van der Waals surface area contributed by atoms with E-state index in [2.05, 4.69) is 46.5 Å². The van der Waals surface area contributed by atoms with Gasteiger partial charge < -0.3 is 14.7 Å². The van der Waals surface area contributed by atoms with Gasteiger partial charge in [-0.1, -0.05) is 42.5 Å². The molecule has 0 bridgehead atoms. The van der Waals surface area contributed by atoms with E-state index in [9.17, 15) is 5.11 Å². The second-order valence-electron chi connectivity index (χ2n) is 7.68. The van der Waals surface area contributed by atoms with Crippen molar-refractivity contribution in [1.29, 1.82) is 0 Å². The van der Waals surface area contributed by atoms with Gasteiger partial charge >= 0.3 is 0 Å². The van der Waals surface area contributed by atoms with Gasteiger partial charge in [-0.15, -0.1) is 5.10 Å². The molecule has 5 rings (SSSR count). The molecule has 30 heavy (non-hydrogen) atoms. The Kier molecular flexibility index (Phi) is 4.92. The summed E-state index contributed by atoms with van der Waals surface area (Å²) in [5.74, 6) is 1.79. The Morgan fingerprint density at radius 1 is 1.17 bits per heavy atom. The molecule has 3 heterocycles. The fourth-order valence-electron chi connectivity index (χ4n) is 4.35. The highest BCUT2D eigenvalue weighted by molar-refractivity contribution is 7.17. The predicted molar refractivity (Wildman–Crippen MR) is 116 cm³/mol. The third-order valence-corrected chi connectivity index (χ3v) is 7.02. The summed E-state index contributed by atoms with van der Waals surface area (Å²) in [6.45, 7) is 3.94. The molecular weight excluding hydrogens is 396 g/mol. The van der Waals surface area contributed by atoms with Crippen molar-refractivity contribution in [3.05, 3.63) is 75.9 Å². The molecule has 2 aromatic carbocycles. The number of aryl methyl sites for hydroxylation is 1. The van der Waals surface area contributed by atoms with Crippen molar-refractivity contribution >= 4 is 16.3 Å². The predicted octanol–water partition coefficient (Wildman–Crippen LogP) is 2.80. The number of fused-ring (bicyclic) bond motifs is 2. The van der Waals surface area contributed by atoms with Gasteiger partial charge in [-0.25, -0.2) is 4.98 Å². The lowest BCUT2D eigenvalue weighted by molar-refractivity contribution is -0.940. The van der Waals surface area contributed by atoms with Crippen LogP contribution in [0.25, 0.3) is 4.96 Å². The fraction of sp³-hybridized carbons (Fsp3) is 0.304. The lowest BCUT2D eigenvalue weighted by Gasteiger charge is -2.32. The third-order valence-electron chi connectivity index (χ3n) is 5.93. The van der Waals surface area contributed by atoms with Crippen molar-refractivity contribution in [1.82, 2.24) is 14.6 Å². The second kappa shape index (κ2) is 7.74. The largest absolute Gasteiger partial charge is 0.497 e. The first kappa shape index (κ1) is 19.1. The van der Waals surface area contributed by atoms with Gasteiger partial charge in [0.15, 0.2) is 11.9 Å². The number of nitrogens with zero attached hydrogens (tertiary/aromatic N) is 3. The Balaban J connectivity index is 1.60. The molecule has 2 atom stereocenters. The molecule has 0 aliphatic carbocycles. The highest BCUT2D eigenvalue weighted by atomic mass is 32.1. The molecule has 0 spiro atoms. The van der Waals surface area contributed by atoms with Crippen LogP contribution in [0.2, 0.25) is 0 Å². The normalized spacial score (nSPS) is 17.1. The number of aromatic hydroxyl groups is 1. The lowest BCUT2D eigenvalue weighted by Crippen LogP contribution is -3.12. The van der Waals surface area contributed by atoms with Gasteiger partial charge in [0, 0.05) is 24.0 Å². The number of rotatable bonds is 5. The van der Waals surface area contributed by atoms with Crippen molar-refractivity contribution in [2.75, 3.05) is 13.7 Å². The Morgan fingerprint density at radius 2 is 1.93 bits per heavy atom. The average Bonchev–Trinajstić information content (AvgIpc) is 3.33. The summed E-state index contributed by atoms with van der Waals surface area (Å²) in [6.07, 6.45) is 1.78. The zero-order valence-electron chi connectivity index (χ0n) is 17.1. The Labute approximate surface area is 179 Å². The van der Waals surface area contributed by atoms with Crippen molar-refractivity contribution in [3.8, 4) is 11.6 Å². The van der Waals surface area contributed by atoms with Crippen molar-refractivity contribution in [3.63, 3.8) is 0 Å². The average molecular weight is 422 g/mol. The van der Waals surface area contributed by atoms with Crippen molar-refractivity contribution in [2.24, 2.45) is 0 Å². The summed E-state index contributed by atoms with van der Waals surface area (Å²) in [5.41, 5.74) is 3.96. The molecule has 154 valence electrons. The number of thiazole rings is 1. The van der Waals surface area contributed by atoms with Crippen LogP contribution in [0.1, 0.15) is 40.4 Å². The molecule has 0 fully saturated rings. The van der Waals surface area contributed by atoms with E-state index < -0.39 is 0 Å². The number of ether oxygens (including phenoxy) is 1. The number of hydrogen-bond acceptors (Lipinski definition) is 5. The zero-order chi connectivity index (χ0) is 20.7. The van der Waals surface area contributed by atoms with Gasteiger partial charge in [0.05, 0.1) is 13.7 Å². The van der Waals surface area contributed by atoms with E-state index in [-0.39, 0.29) is 11.9 Å². The SMILES string of the molecule is CCc1nc2sc([C@H](c3ccc(OC)cc3)[NH+]3CCc4ccccc4C3)c(O)n2n1. The Hall–Kier alpha value is -2.90. The summed E-state index contributed by atoms with van der Waals surface area (Å²) in [5, 5.41) is 15.6. The number of nitrogens with one attached hydrogen (secondary N) is 1. The minimum Gasteiger partial charge on any atom is -0.497 e. The first-order valence-electron chi connectivity index (χ1n) is 10.3. The molecule has 1 aliphatic rings. The molecule has 2 N–H and O–H groups in total. The molecular formula is C23H25N4O2S+.